The highest BCUT2D eigenvalue weighted by molar-refractivity contribution is 5.99. The van der Waals surface area contributed by atoms with E-state index >= 15 is 0 Å². The molecule has 0 aliphatic rings. The van der Waals surface area contributed by atoms with Gasteiger partial charge >= 0.3 is 17.9 Å². The molecule has 10 N–H and O–H groups in total. The van der Waals surface area contributed by atoms with E-state index < -0.39 is 121 Å². The zero-order valence-corrected chi connectivity index (χ0v) is 29.1. The molecule has 6 amide bonds. The number of hydrogen-bond acceptors (Lipinski definition) is 10. The fraction of sp³-hybridized carbons (Fsp3) is 0.700. The van der Waals surface area contributed by atoms with Gasteiger partial charge in [0.05, 0.1) is 25.3 Å². The van der Waals surface area contributed by atoms with Crippen LogP contribution in [-0.2, 0) is 43.2 Å². The maximum atomic E-state index is 13.5. The van der Waals surface area contributed by atoms with Crippen LogP contribution < -0.4 is 32.3 Å². The molecule has 0 aromatic rings. The van der Waals surface area contributed by atoms with Crippen molar-refractivity contribution in [2.45, 2.75) is 103 Å². The molecular weight excluding hydrogens is 650 g/mol. The molecule has 49 heavy (non-hydrogen) atoms. The predicted octanol–water partition coefficient (Wildman–Crippen LogP) is -2.39. The van der Waals surface area contributed by atoms with Gasteiger partial charge < -0.3 is 52.5 Å². The molecule has 0 aromatic heterocycles. The van der Waals surface area contributed by atoms with Crippen molar-refractivity contribution in [1.29, 1.82) is 0 Å². The number of aliphatic carboxylic acids is 3. The first-order valence-electron chi connectivity index (χ1n) is 15.6. The zero-order valence-electron chi connectivity index (χ0n) is 29.1. The molecule has 0 heterocycles. The van der Waals surface area contributed by atoms with Crippen LogP contribution in [0.4, 0.5) is 0 Å². The molecule has 0 bridgehead atoms. The number of nitrogens with zero attached hydrogens (tertiary/aromatic N) is 1. The molecule has 0 spiro atoms. The third-order valence-electron chi connectivity index (χ3n) is 7.07. The van der Waals surface area contributed by atoms with Gasteiger partial charge in [0, 0.05) is 14.1 Å². The molecule has 278 valence electrons. The fourth-order valence-electron chi connectivity index (χ4n) is 4.30. The highest BCUT2D eigenvalue weighted by atomic mass is 16.4. The van der Waals surface area contributed by atoms with E-state index in [0.29, 0.717) is 0 Å². The largest absolute Gasteiger partial charge is 0.481 e. The molecule has 0 aromatic carbocycles. The van der Waals surface area contributed by atoms with E-state index in [1.54, 1.807) is 41.5 Å². The standard InChI is InChI=1S/C30H51N7O12/c1-13(2)9-19(30(48)49)34-27(45)18(12-22(41)42)32-26(44)17(11-20(38)37(7)8)33-28(46)23(14(3)4)36-29(47)24(15(5)6)35-25(43)16(31)10-21(39)40/h13-19,23-24H,9-12,31H2,1-8H3,(H,32,44)(H,33,46)(H,34,45)(H,35,43)(H,36,47)(H,39,40)(H,41,42)(H,48,49)/t16-,17-,18-,19-,23-,24-/m0/s1. The van der Waals surface area contributed by atoms with Crippen LogP contribution >= 0.6 is 0 Å². The Bertz CT molecular complexity index is 1240. The van der Waals surface area contributed by atoms with Crippen molar-refractivity contribution in [3.63, 3.8) is 0 Å². The molecule has 0 radical (unpaired) electrons. The Labute approximate surface area is 284 Å². The lowest BCUT2D eigenvalue weighted by Gasteiger charge is -2.29. The number of carboxylic acids is 3. The second-order valence-electron chi connectivity index (χ2n) is 12.9. The van der Waals surface area contributed by atoms with Crippen LogP contribution in [0.2, 0.25) is 0 Å². The number of carboxylic acid groups (broad SMARTS) is 3. The maximum absolute atomic E-state index is 13.5. The van der Waals surface area contributed by atoms with Crippen molar-refractivity contribution in [3.8, 4) is 0 Å². The van der Waals surface area contributed by atoms with Gasteiger partial charge in [-0.3, -0.25) is 38.4 Å². The quantitative estimate of drug-likeness (QED) is 0.0604. The van der Waals surface area contributed by atoms with E-state index in [1.165, 1.54) is 14.1 Å². The third-order valence-corrected chi connectivity index (χ3v) is 7.07. The van der Waals surface area contributed by atoms with E-state index in [0.717, 1.165) is 4.90 Å². The highest BCUT2D eigenvalue weighted by Crippen LogP contribution is 2.10. The van der Waals surface area contributed by atoms with Crippen molar-refractivity contribution < 1.29 is 58.5 Å². The first kappa shape index (κ1) is 44.2. The Kier molecular flexibility index (Phi) is 18.5. The summed E-state index contributed by atoms with van der Waals surface area (Å²) in [5.74, 6) is -11.2. The van der Waals surface area contributed by atoms with E-state index in [2.05, 4.69) is 26.6 Å². The summed E-state index contributed by atoms with van der Waals surface area (Å²) in [6.45, 7) is 9.68. The van der Waals surface area contributed by atoms with Gasteiger partial charge in [-0.1, -0.05) is 41.5 Å². The van der Waals surface area contributed by atoms with Gasteiger partial charge in [0.2, 0.25) is 35.4 Å². The summed E-state index contributed by atoms with van der Waals surface area (Å²) < 4.78 is 0. The molecule has 19 nitrogen and oxygen atoms in total. The Morgan fingerprint density at radius 3 is 1.33 bits per heavy atom. The number of hydrogen-bond donors (Lipinski definition) is 9. The molecule has 19 heteroatoms. The van der Waals surface area contributed by atoms with Crippen LogP contribution in [-0.4, -0.2) is 124 Å². The van der Waals surface area contributed by atoms with Gasteiger partial charge in [-0.15, -0.1) is 0 Å². The van der Waals surface area contributed by atoms with Crippen LogP contribution in [0.15, 0.2) is 0 Å². The summed E-state index contributed by atoms with van der Waals surface area (Å²) in [6.07, 6.45) is -2.31. The summed E-state index contributed by atoms with van der Waals surface area (Å²) in [4.78, 5) is 113. The summed E-state index contributed by atoms with van der Waals surface area (Å²) >= 11 is 0. The molecule has 0 aliphatic heterocycles. The van der Waals surface area contributed by atoms with Gasteiger partial charge in [-0.25, -0.2) is 4.79 Å². The number of carbonyl (C=O) groups excluding carboxylic acids is 6. The number of nitrogens with two attached hydrogens (primary N) is 1. The zero-order chi connectivity index (χ0) is 38.3. The summed E-state index contributed by atoms with van der Waals surface area (Å²) in [5, 5.41) is 39.4. The Balaban J connectivity index is 6.24. The number of carbonyl (C=O) groups is 9. The fourth-order valence-corrected chi connectivity index (χ4v) is 4.30. The van der Waals surface area contributed by atoms with Crippen molar-refractivity contribution >= 4 is 53.4 Å². The SMILES string of the molecule is CC(C)C[C@H](NC(=O)[C@H](CC(=O)O)NC(=O)[C@H](CC(=O)N(C)C)NC(=O)[C@@H](NC(=O)[C@@H](NC(=O)[C@@H](N)CC(=O)O)C(C)C)C(C)C)C(=O)O. The van der Waals surface area contributed by atoms with E-state index in [-0.39, 0.29) is 12.3 Å². The molecule has 0 aliphatic carbocycles. The van der Waals surface area contributed by atoms with Crippen LogP contribution in [0.1, 0.15) is 67.2 Å². The van der Waals surface area contributed by atoms with Crippen molar-refractivity contribution in [2.75, 3.05) is 14.1 Å². The van der Waals surface area contributed by atoms with Gasteiger partial charge in [0.25, 0.3) is 0 Å². The van der Waals surface area contributed by atoms with Crippen molar-refractivity contribution in [1.82, 2.24) is 31.5 Å². The number of rotatable bonds is 21. The van der Waals surface area contributed by atoms with Crippen LogP contribution in [0.25, 0.3) is 0 Å². The van der Waals surface area contributed by atoms with E-state index in [9.17, 15) is 53.4 Å². The summed E-state index contributed by atoms with van der Waals surface area (Å²) in [5.41, 5.74) is 5.60. The maximum Gasteiger partial charge on any atom is 0.326 e. The number of amides is 6. The Morgan fingerprint density at radius 1 is 0.551 bits per heavy atom. The van der Waals surface area contributed by atoms with Crippen LogP contribution in [0, 0.1) is 17.8 Å². The Hall–Kier alpha value is -4.81. The molecule has 0 rings (SSSR count). The van der Waals surface area contributed by atoms with Gasteiger partial charge in [-0.2, -0.15) is 0 Å². The summed E-state index contributed by atoms with van der Waals surface area (Å²) in [7, 11) is 2.75. The van der Waals surface area contributed by atoms with Crippen molar-refractivity contribution in [2.24, 2.45) is 23.5 Å². The summed E-state index contributed by atoms with van der Waals surface area (Å²) in [6, 6.07) is -8.94. The molecule has 0 saturated carbocycles. The highest BCUT2D eigenvalue weighted by Gasteiger charge is 2.36. The minimum absolute atomic E-state index is 0.00360. The van der Waals surface area contributed by atoms with Crippen LogP contribution in [0.5, 0.6) is 0 Å². The average molecular weight is 702 g/mol. The average Bonchev–Trinajstić information content (AvgIpc) is 2.95. The lowest BCUT2D eigenvalue weighted by molar-refractivity contribution is -0.144. The smallest absolute Gasteiger partial charge is 0.326 e. The number of nitrogens with one attached hydrogen (secondary N) is 5. The molecular formula is C30H51N7O12. The molecule has 0 unspecified atom stereocenters. The van der Waals surface area contributed by atoms with E-state index in [4.69, 9.17) is 10.8 Å². The molecule has 0 fully saturated rings. The van der Waals surface area contributed by atoms with Crippen LogP contribution in [0.3, 0.4) is 0 Å². The second kappa shape index (κ2) is 20.5. The monoisotopic (exact) mass is 701 g/mol. The predicted molar refractivity (Wildman–Crippen MR) is 172 cm³/mol. The lowest BCUT2D eigenvalue weighted by atomic mass is 9.98. The topological polar surface area (TPSA) is 304 Å². The third kappa shape index (κ3) is 16.2. The van der Waals surface area contributed by atoms with Gasteiger partial charge in [0.1, 0.15) is 30.2 Å². The van der Waals surface area contributed by atoms with E-state index in [1.807, 2.05) is 0 Å². The normalized spacial score (nSPS) is 14.8. The minimum atomic E-state index is -1.80. The minimum Gasteiger partial charge on any atom is -0.481 e. The van der Waals surface area contributed by atoms with Crippen molar-refractivity contribution in [3.05, 3.63) is 0 Å². The lowest BCUT2D eigenvalue weighted by Crippen LogP contribution is -2.61. The first-order chi connectivity index (χ1) is 22.5. The molecule has 0 saturated heterocycles. The molecule has 6 atom stereocenters. The Morgan fingerprint density at radius 2 is 0.939 bits per heavy atom. The van der Waals surface area contributed by atoms with Gasteiger partial charge in [-0.05, 0) is 24.2 Å². The first-order valence-corrected chi connectivity index (χ1v) is 15.6. The second-order valence-corrected chi connectivity index (χ2v) is 12.9. The van der Waals surface area contributed by atoms with Gasteiger partial charge in [0.15, 0.2) is 0 Å².